The van der Waals surface area contributed by atoms with E-state index in [0.717, 1.165) is 19.0 Å². The second kappa shape index (κ2) is 7.19. The van der Waals surface area contributed by atoms with Gasteiger partial charge >= 0.3 is 0 Å². The SMILES string of the molecule is CC1CCN([C@@H](CN[C@H]2CS(=O)(=O)C[C@@H]2O)c2cccs2)CC1. The van der Waals surface area contributed by atoms with Crippen LogP contribution in [0.25, 0.3) is 0 Å². The molecular weight excluding hydrogens is 332 g/mol. The summed E-state index contributed by atoms with van der Waals surface area (Å²) >= 11 is 1.75. The molecule has 2 aliphatic rings. The fraction of sp³-hybridized carbons (Fsp3) is 0.750. The molecule has 0 bridgehead atoms. The van der Waals surface area contributed by atoms with Crippen LogP contribution in [0.3, 0.4) is 0 Å². The number of hydrogen-bond donors (Lipinski definition) is 2. The molecule has 0 aliphatic carbocycles. The summed E-state index contributed by atoms with van der Waals surface area (Å²) in [5.41, 5.74) is 0. The monoisotopic (exact) mass is 358 g/mol. The average Bonchev–Trinajstić information content (AvgIpc) is 3.09. The lowest BCUT2D eigenvalue weighted by Crippen LogP contribution is -2.45. The van der Waals surface area contributed by atoms with Crippen LogP contribution in [0, 0.1) is 5.92 Å². The maximum atomic E-state index is 11.7. The molecule has 0 amide bonds. The molecule has 130 valence electrons. The lowest BCUT2D eigenvalue weighted by atomic mass is 9.97. The smallest absolute Gasteiger partial charge is 0.154 e. The van der Waals surface area contributed by atoms with Crippen LogP contribution in [0.1, 0.15) is 30.7 Å². The Morgan fingerprint density at radius 1 is 1.39 bits per heavy atom. The molecule has 2 aliphatic heterocycles. The van der Waals surface area contributed by atoms with Gasteiger partial charge in [0.2, 0.25) is 0 Å². The molecule has 2 fully saturated rings. The molecule has 0 aromatic carbocycles. The van der Waals surface area contributed by atoms with Crippen molar-refractivity contribution in [3.63, 3.8) is 0 Å². The van der Waals surface area contributed by atoms with E-state index in [0.29, 0.717) is 6.54 Å². The topological polar surface area (TPSA) is 69.6 Å². The molecule has 2 saturated heterocycles. The van der Waals surface area contributed by atoms with Gasteiger partial charge in [-0.25, -0.2) is 8.42 Å². The van der Waals surface area contributed by atoms with Gasteiger partial charge in [0.15, 0.2) is 9.84 Å². The molecular formula is C16H26N2O3S2. The van der Waals surface area contributed by atoms with Crippen LogP contribution in [0.4, 0.5) is 0 Å². The first-order valence-electron chi connectivity index (χ1n) is 8.34. The maximum Gasteiger partial charge on any atom is 0.154 e. The van der Waals surface area contributed by atoms with Crippen molar-refractivity contribution in [2.45, 2.75) is 38.0 Å². The number of aliphatic hydroxyl groups excluding tert-OH is 1. The highest BCUT2D eigenvalue weighted by Crippen LogP contribution is 2.29. The minimum Gasteiger partial charge on any atom is -0.390 e. The minimum atomic E-state index is -3.10. The zero-order valence-corrected chi connectivity index (χ0v) is 15.2. The molecule has 0 spiro atoms. The summed E-state index contributed by atoms with van der Waals surface area (Å²) in [7, 11) is -3.10. The van der Waals surface area contributed by atoms with E-state index in [2.05, 4.69) is 34.7 Å². The average molecular weight is 359 g/mol. The summed E-state index contributed by atoms with van der Waals surface area (Å²) in [4.78, 5) is 3.80. The molecule has 7 heteroatoms. The first-order chi connectivity index (χ1) is 10.9. The van der Waals surface area contributed by atoms with E-state index in [1.165, 1.54) is 17.7 Å². The van der Waals surface area contributed by atoms with Gasteiger partial charge in [0.05, 0.1) is 23.7 Å². The van der Waals surface area contributed by atoms with Gasteiger partial charge in [-0.15, -0.1) is 11.3 Å². The third kappa shape index (κ3) is 4.33. The number of nitrogens with one attached hydrogen (secondary N) is 1. The molecule has 0 saturated carbocycles. The van der Waals surface area contributed by atoms with Crippen molar-refractivity contribution in [2.75, 3.05) is 31.1 Å². The molecule has 3 atom stereocenters. The number of nitrogens with zero attached hydrogens (tertiary/aromatic N) is 1. The molecule has 1 aromatic heterocycles. The van der Waals surface area contributed by atoms with Crippen molar-refractivity contribution < 1.29 is 13.5 Å². The number of likely N-dealkylation sites (tertiary alicyclic amines) is 1. The Bertz CT molecular complexity index is 595. The predicted octanol–water partition coefficient (Wildman–Crippen LogP) is 1.27. The highest BCUT2D eigenvalue weighted by Gasteiger charge is 2.37. The van der Waals surface area contributed by atoms with Crippen LogP contribution in [0.5, 0.6) is 0 Å². The van der Waals surface area contributed by atoms with E-state index in [4.69, 9.17) is 0 Å². The van der Waals surface area contributed by atoms with E-state index in [1.807, 2.05) is 0 Å². The van der Waals surface area contributed by atoms with E-state index in [1.54, 1.807) is 11.3 Å². The number of rotatable bonds is 5. The van der Waals surface area contributed by atoms with Gasteiger partial charge in [0.1, 0.15) is 0 Å². The van der Waals surface area contributed by atoms with Gasteiger partial charge in [0.25, 0.3) is 0 Å². The van der Waals surface area contributed by atoms with Gasteiger partial charge in [-0.05, 0) is 43.3 Å². The van der Waals surface area contributed by atoms with Crippen LogP contribution in [-0.4, -0.2) is 61.7 Å². The largest absolute Gasteiger partial charge is 0.390 e. The summed E-state index contributed by atoms with van der Waals surface area (Å²) in [6.45, 7) is 5.15. The summed E-state index contributed by atoms with van der Waals surface area (Å²) in [6, 6.07) is 4.13. The fourth-order valence-electron chi connectivity index (χ4n) is 3.52. The van der Waals surface area contributed by atoms with Gasteiger partial charge in [-0.1, -0.05) is 13.0 Å². The predicted molar refractivity (Wildman–Crippen MR) is 93.5 cm³/mol. The van der Waals surface area contributed by atoms with Crippen molar-refractivity contribution in [1.82, 2.24) is 10.2 Å². The van der Waals surface area contributed by atoms with Crippen LogP contribution < -0.4 is 5.32 Å². The highest BCUT2D eigenvalue weighted by molar-refractivity contribution is 7.91. The standard InChI is InChI=1S/C16H26N2O3S2/c1-12-4-6-18(7-5-12)14(16-3-2-8-22-16)9-17-13-10-23(20,21)11-15(13)19/h2-3,8,12-15,17,19H,4-7,9-11H2,1H3/t13-,14-,15-/m0/s1. The Morgan fingerprint density at radius 2 is 2.13 bits per heavy atom. The van der Waals surface area contributed by atoms with Crippen LogP contribution in [0.2, 0.25) is 0 Å². The van der Waals surface area contributed by atoms with Crippen molar-refractivity contribution in [3.05, 3.63) is 22.4 Å². The van der Waals surface area contributed by atoms with Crippen LogP contribution in [0.15, 0.2) is 17.5 Å². The summed E-state index contributed by atoms with van der Waals surface area (Å²) < 4.78 is 23.3. The van der Waals surface area contributed by atoms with Crippen molar-refractivity contribution in [2.24, 2.45) is 5.92 Å². The summed E-state index contributed by atoms with van der Waals surface area (Å²) in [6.07, 6.45) is 1.63. The maximum absolute atomic E-state index is 11.7. The Labute approximate surface area is 142 Å². The molecule has 5 nitrogen and oxygen atoms in total. The van der Waals surface area contributed by atoms with E-state index < -0.39 is 15.9 Å². The molecule has 3 rings (SSSR count). The Balaban J connectivity index is 1.65. The first kappa shape index (κ1) is 17.4. The summed E-state index contributed by atoms with van der Waals surface area (Å²) in [5, 5.41) is 15.4. The number of sulfone groups is 1. The molecule has 3 heterocycles. The Hall–Kier alpha value is -0.470. The molecule has 1 aromatic rings. The van der Waals surface area contributed by atoms with Crippen LogP contribution >= 0.6 is 11.3 Å². The van der Waals surface area contributed by atoms with E-state index in [-0.39, 0.29) is 23.6 Å². The van der Waals surface area contributed by atoms with Gasteiger partial charge < -0.3 is 10.4 Å². The van der Waals surface area contributed by atoms with Crippen molar-refractivity contribution in [3.8, 4) is 0 Å². The molecule has 2 N–H and O–H groups in total. The number of hydrogen-bond acceptors (Lipinski definition) is 6. The summed E-state index contributed by atoms with van der Waals surface area (Å²) in [5.74, 6) is 0.711. The number of aliphatic hydroxyl groups is 1. The first-order valence-corrected chi connectivity index (χ1v) is 11.0. The second-order valence-corrected chi connectivity index (χ2v) is 10.0. The van der Waals surface area contributed by atoms with Gasteiger partial charge in [-0.2, -0.15) is 0 Å². The number of thiophene rings is 1. The third-order valence-corrected chi connectivity index (χ3v) is 7.72. The molecule has 0 unspecified atom stereocenters. The second-order valence-electron chi connectivity index (χ2n) is 6.91. The van der Waals surface area contributed by atoms with Gasteiger partial charge in [-0.3, -0.25) is 4.90 Å². The van der Waals surface area contributed by atoms with Crippen molar-refractivity contribution in [1.29, 1.82) is 0 Å². The van der Waals surface area contributed by atoms with E-state index >= 15 is 0 Å². The molecule has 23 heavy (non-hydrogen) atoms. The van der Waals surface area contributed by atoms with E-state index in [9.17, 15) is 13.5 Å². The van der Waals surface area contributed by atoms with Crippen molar-refractivity contribution >= 4 is 21.2 Å². The normalized spacial score (nSPS) is 30.5. The lowest BCUT2D eigenvalue weighted by Gasteiger charge is -2.37. The third-order valence-electron chi connectivity index (χ3n) is 5.03. The zero-order valence-electron chi connectivity index (χ0n) is 13.5. The fourth-order valence-corrected chi connectivity index (χ4v) is 6.15. The minimum absolute atomic E-state index is 0.0440. The quantitative estimate of drug-likeness (QED) is 0.830. The number of piperidine rings is 1. The van der Waals surface area contributed by atoms with Gasteiger partial charge in [0, 0.05) is 17.5 Å². The highest BCUT2D eigenvalue weighted by atomic mass is 32.2. The Morgan fingerprint density at radius 3 is 2.70 bits per heavy atom. The van der Waals surface area contributed by atoms with Crippen LogP contribution in [-0.2, 0) is 9.84 Å². The molecule has 0 radical (unpaired) electrons. The zero-order chi connectivity index (χ0) is 16.4. The Kier molecular flexibility index (Phi) is 5.42. The lowest BCUT2D eigenvalue weighted by molar-refractivity contribution is 0.123.